The van der Waals surface area contributed by atoms with Crippen molar-refractivity contribution in [3.63, 3.8) is 0 Å². The first kappa shape index (κ1) is 15.8. The van der Waals surface area contributed by atoms with Crippen LogP contribution in [0.5, 0.6) is 0 Å². The van der Waals surface area contributed by atoms with Crippen molar-refractivity contribution < 1.29 is 14.7 Å². The molecule has 1 aliphatic rings. The Hall–Kier alpha value is -1.30. The zero-order chi connectivity index (χ0) is 14.5. The number of carbonyl (C=O) groups excluding carboxylic acids is 1. The molecule has 1 saturated heterocycles. The molecule has 6 nitrogen and oxygen atoms in total. The summed E-state index contributed by atoms with van der Waals surface area (Å²) in [5.41, 5.74) is -1.07. The van der Waals surface area contributed by atoms with Gasteiger partial charge in [0.15, 0.2) is 0 Å². The SMILES string of the molecule is CN(C)CCCNC(=O)N1CCCCC1(C)C(=O)O. The zero-order valence-electron chi connectivity index (χ0n) is 12.1. The first-order valence-electron chi connectivity index (χ1n) is 6.81. The van der Waals surface area contributed by atoms with Gasteiger partial charge in [-0.1, -0.05) is 0 Å². The minimum absolute atomic E-state index is 0.261. The summed E-state index contributed by atoms with van der Waals surface area (Å²) in [7, 11) is 3.96. The van der Waals surface area contributed by atoms with Crippen molar-refractivity contribution in [3.8, 4) is 0 Å². The monoisotopic (exact) mass is 271 g/mol. The summed E-state index contributed by atoms with van der Waals surface area (Å²) in [5.74, 6) is -0.921. The van der Waals surface area contributed by atoms with E-state index in [0.717, 1.165) is 25.8 Å². The normalized spacial score (nSPS) is 23.5. The second-order valence-electron chi connectivity index (χ2n) is 5.58. The third-order valence-corrected chi connectivity index (χ3v) is 3.66. The molecule has 2 amide bonds. The second kappa shape index (κ2) is 6.75. The lowest BCUT2D eigenvalue weighted by atomic mass is 9.89. The maximum Gasteiger partial charge on any atom is 0.329 e. The molecular weight excluding hydrogens is 246 g/mol. The maximum absolute atomic E-state index is 12.1. The van der Waals surface area contributed by atoms with E-state index in [0.29, 0.717) is 19.5 Å². The summed E-state index contributed by atoms with van der Waals surface area (Å²) in [6.07, 6.45) is 3.10. The lowest BCUT2D eigenvalue weighted by molar-refractivity contribution is -0.150. The van der Waals surface area contributed by atoms with Crippen LogP contribution >= 0.6 is 0 Å². The van der Waals surface area contributed by atoms with Gasteiger partial charge in [0.05, 0.1) is 0 Å². The minimum atomic E-state index is -1.07. The predicted molar refractivity (Wildman–Crippen MR) is 73.2 cm³/mol. The lowest BCUT2D eigenvalue weighted by Gasteiger charge is -2.41. The predicted octanol–water partition coefficient (Wildman–Crippen LogP) is 0.977. The largest absolute Gasteiger partial charge is 0.480 e. The number of carbonyl (C=O) groups is 2. The van der Waals surface area contributed by atoms with E-state index >= 15 is 0 Å². The zero-order valence-corrected chi connectivity index (χ0v) is 12.1. The number of urea groups is 1. The van der Waals surface area contributed by atoms with Gasteiger partial charge >= 0.3 is 12.0 Å². The molecule has 6 heteroatoms. The Bertz CT molecular complexity index is 333. The summed E-state index contributed by atoms with van der Waals surface area (Å²) >= 11 is 0. The molecule has 2 N–H and O–H groups in total. The van der Waals surface area contributed by atoms with Crippen LogP contribution in [-0.2, 0) is 4.79 Å². The van der Waals surface area contributed by atoms with E-state index in [-0.39, 0.29) is 6.03 Å². The van der Waals surface area contributed by atoms with Gasteiger partial charge in [-0.2, -0.15) is 0 Å². The Morgan fingerprint density at radius 2 is 2.05 bits per heavy atom. The van der Waals surface area contributed by atoms with Crippen molar-refractivity contribution in [1.82, 2.24) is 15.1 Å². The van der Waals surface area contributed by atoms with Gasteiger partial charge in [-0.15, -0.1) is 0 Å². The van der Waals surface area contributed by atoms with Crippen LogP contribution in [0.15, 0.2) is 0 Å². The van der Waals surface area contributed by atoms with Crippen molar-refractivity contribution in [2.24, 2.45) is 0 Å². The molecule has 1 heterocycles. The number of hydrogen-bond donors (Lipinski definition) is 2. The van der Waals surface area contributed by atoms with E-state index in [1.54, 1.807) is 6.92 Å². The Balaban J connectivity index is 2.51. The highest BCUT2D eigenvalue weighted by Gasteiger charge is 2.43. The van der Waals surface area contributed by atoms with Crippen LogP contribution in [0.3, 0.4) is 0 Å². The van der Waals surface area contributed by atoms with Gasteiger partial charge in [0, 0.05) is 13.1 Å². The van der Waals surface area contributed by atoms with Gasteiger partial charge in [-0.25, -0.2) is 9.59 Å². The van der Waals surface area contributed by atoms with Crippen molar-refractivity contribution in [2.45, 2.75) is 38.1 Å². The fourth-order valence-corrected chi connectivity index (χ4v) is 2.35. The molecule has 0 aromatic rings. The Kier molecular flexibility index (Phi) is 5.60. The van der Waals surface area contributed by atoms with Crippen LogP contribution in [0.2, 0.25) is 0 Å². The van der Waals surface area contributed by atoms with Gasteiger partial charge in [-0.05, 0) is 53.2 Å². The molecule has 19 heavy (non-hydrogen) atoms. The van der Waals surface area contributed by atoms with E-state index in [1.165, 1.54) is 4.90 Å². The number of likely N-dealkylation sites (tertiary alicyclic amines) is 1. The Labute approximate surface area is 114 Å². The Morgan fingerprint density at radius 3 is 2.63 bits per heavy atom. The molecule has 1 rings (SSSR count). The van der Waals surface area contributed by atoms with Crippen molar-refractivity contribution >= 4 is 12.0 Å². The highest BCUT2D eigenvalue weighted by atomic mass is 16.4. The number of hydrogen-bond acceptors (Lipinski definition) is 3. The second-order valence-corrected chi connectivity index (χ2v) is 5.58. The van der Waals surface area contributed by atoms with Gasteiger partial charge in [-0.3, -0.25) is 0 Å². The van der Waals surface area contributed by atoms with Crippen molar-refractivity contribution in [3.05, 3.63) is 0 Å². The topological polar surface area (TPSA) is 72.9 Å². The van der Waals surface area contributed by atoms with E-state index in [4.69, 9.17) is 0 Å². The third kappa shape index (κ3) is 4.09. The van der Waals surface area contributed by atoms with Gasteiger partial charge in [0.1, 0.15) is 5.54 Å². The van der Waals surface area contributed by atoms with Gasteiger partial charge < -0.3 is 20.2 Å². The number of rotatable bonds is 5. The molecule has 0 aromatic carbocycles. The standard InChI is InChI=1S/C13H25N3O3/c1-13(11(17)18)7-4-5-10-16(13)12(19)14-8-6-9-15(2)3/h4-10H2,1-3H3,(H,14,19)(H,17,18). The van der Waals surface area contributed by atoms with E-state index in [9.17, 15) is 14.7 Å². The summed E-state index contributed by atoms with van der Waals surface area (Å²) in [5, 5.41) is 12.1. The molecule has 0 bridgehead atoms. The highest BCUT2D eigenvalue weighted by Crippen LogP contribution is 2.28. The van der Waals surface area contributed by atoms with Crippen LogP contribution in [0.25, 0.3) is 0 Å². The molecular formula is C13H25N3O3. The fraction of sp³-hybridized carbons (Fsp3) is 0.846. The van der Waals surface area contributed by atoms with Crippen LogP contribution in [0.4, 0.5) is 4.79 Å². The molecule has 0 spiro atoms. The smallest absolute Gasteiger partial charge is 0.329 e. The number of amides is 2. The van der Waals surface area contributed by atoms with E-state index in [2.05, 4.69) is 10.2 Å². The van der Waals surface area contributed by atoms with Crippen molar-refractivity contribution in [2.75, 3.05) is 33.7 Å². The number of nitrogens with one attached hydrogen (secondary N) is 1. The number of carboxylic acids is 1. The van der Waals surface area contributed by atoms with Crippen LogP contribution < -0.4 is 5.32 Å². The quantitative estimate of drug-likeness (QED) is 0.731. The summed E-state index contributed by atoms with van der Waals surface area (Å²) in [6.45, 7) is 3.62. The van der Waals surface area contributed by atoms with Crippen LogP contribution in [-0.4, -0.2) is 66.2 Å². The average Bonchev–Trinajstić information content (AvgIpc) is 2.34. The van der Waals surface area contributed by atoms with Gasteiger partial charge in [0.25, 0.3) is 0 Å². The highest BCUT2D eigenvalue weighted by molar-refractivity contribution is 5.86. The molecule has 0 aromatic heterocycles. The summed E-state index contributed by atoms with van der Waals surface area (Å²) < 4.78 is 0. The molecule has 0 radical (unpaired) electrons. The maximum atomic E-state index is 12.1. The number of piperidine rings is 1. The first-order chi connectivity index (χ1) is 8.88. The fourth-order valence-electron chi connectivity index (χ4n) is 2.35. The summed E-state index contributed by atoms with van der Waals surface area (Å²) in [6, 6.07) is -0.261. The summed E-state index contributed by atoms with van der Waals surface area (Å²) in [4.78, 5) is 27.0. The number of nitrogens with zero attached hydrogens (tertiary/aromatic N) is 2. The molecule has 0 saturated carbocycles. The molecule has 1 fully saturated rings. The number of aliphatic carboxylic acids is 1. The van der Waals surface area contributed by atoms with Crippen molar-refractivity contribution in [1.29, 1.82) is 0 Å². The third-order valence-electron chi connectivity index (χ3n) is 3.66. The number of carboxylic acid groups (broad SMARTS) is 1. The first-order valence-corrected chi connectivity index (χ1v) is 6.81. The molecule has 1 aliphatic heterocycles. The molecule has 1 atom stereocenters. The molecule has 1 unspecified atom stereocenters. The average molecular weight is 271 g/mol. The van der Waals surface area contributed by atoms with Gasteiger partial charge in [0.2, 0.25) is 0 Å². The Morgan fingerprint density at radius 1 is 1.37 bits per heavy atom. The minimum Gasteiger partial charge on any atom is -0.480 e. The van der Waals surface area contributed by atoms with Crippen LogP contribution in [0.1, 0.15) is 32.6 Å². The molecule has 0 aliphatic carbocycles. The van der Waals surface area contributed by atoms with Crippen LogP contribution in [0, 0.1) is 0 Å². The molecule has 110 valence electrons. The van der Waals surface area contributed by atoms with E-state index < -0.39 is 11.5 Å². The van der Waals surface area contributed by atoms with E-state index in [1.807, 2.05) is 14.1 Å². The lowest BCUT2D eigenvalue weighted by Crippen LogP contribution is -2.60.